The summed E-state index contributed by atoms with van der Waals surface area (Å²) in [5, 5.41) is 9.81. The van der Waals surface area contributed by atoms with Gasteiger partial charge in [0, 0.05) is 24.4 Å². The molecule has 10 heteroatoms. The predicted molar refractivity (Wildman–Crippen MR) is 116 cm³/mol. The molecular formula is C23H29F3N6O. The lowest BCUT2D eigenvalue weighted by molar-refractivity contribution is -0.136. The molecule has 2 aromatic heterocycles. The Balaban J connectivity index is 1.51. The highest BCUT2D eigenvalue weighted by molar-refractivity contribution is 5.55. The molecular weight excluding hydrogens is 433 g/mol. The van der Waals surface area contributed by atoms with Crippen molar-refractivity contribution in [3.63, 3.8) is 0 Å². The van der Waals surface area contributed by atoms with Crippen molar-refractivity contribution in [3.8, 4) is 6.07 Å². The average Bonchev–Trinajstić information content (AvgIpc) is 3.32. The van der Waals surface area contributed by atoms with E-state index in [0.717, 1.165) is 36.4 Å². The molecule has 0 aromatic carbocycles. The summed E-state index contributed by atoms with van der Waals surface area (Å²) in [5.74, 6) is 0.842. The molecule has 7 nitrogen and oxygen atoms in total. The first-order valence-corrected chi connectivity index (χ1v) is 11.7. The molecule has 2 aliphatic carbocycles. The van der Waals surface area contributed by atoms with Crippen LogP contribution in [0.5, 0.6) is 0 Å². The van der Waals surface area contributed by atoms with Crippen molar-refractivity contribution in [1.82, 2.24) is 24.7 Å². The number of imidazole rings is 1. The highest BCUT2D eigenvalue weighted by Gasteiger charge is 2.45. The van der Waals surface area contributed by atoms with Crippen LogP contribution in [0.1, 0.15) is 50.1 Å². The van der Waals surface area contributed by atoms with Gasteiger partial charge in [0.2, 0.25) is 0 Å². The fraction of sp³-hybridized carbons (Fsp3) is 0.652. The van der Waals surface area contributed by atoms with Crippen molar-refractivity contribution >= 4 is 5.52 Å². The molecule has 3 fully saturated rings. The first-order valence-electron chi connectivity index (χ1n) is 11.7. The molecule has 2 saturated carbocycles. The number of nitrogens with one attached hydrogen (secondary N) is 2. The van der Waals surface area contributed by atoms with Crippen LogP contribution in [-0.4, -0.2) is 33.7 Å². The van der Waals surface area contributed by atoms with Crippen molar-refractivity contribution < 1.29 is 13.2 Å². The number of hydrazine groups is 1. The van der Waals surface area contributed by atoms with E-state index in [1.54, 1.807) is 0 Å². The SMILES string of the molecule is CN1CNNC1[C@@H](C1CCC1)C1CC(C#N)CC(n2cc3c(C(F)(F)F)cccn3c2=O)C1. The quantitative estimate of drug-likeness (QED) is 0.729. The largest absolute Gasteiger partial charge is 0.418 e. The van der Waals surface area contributed by atoms with Crippen molar-refractivity contribution in [2.45, 2.75) is 56.9 Å². The molecule has 5 rings (SSSR count). The summed E-state index contributed by atoms with van der Waals surface area (Å²) in [7, 11) is 2.06. The molecule has 3 heterocycles. The lowest BCUT2D eigenvalue weighted by Crippen LogP contribution is -2.50. The van der Waals surface area contributed by atoms with Gasteiger partial charge in [-0.3, -0.25) is 13.9 Å². The van der Waals surface area contributed by atoms with E-state index in [1.165, 1.54) is 29.4 Å². The second-order valence-electron chi connectivity index (χ2n) is 9.89. The average molecular weight is 463 g/mol. The summed E-state index contributed by atoms with van der Waals surface area (Å²) >= 11 is 0. The second kappa shape index (κ2) is 8.46. The normalized spacial score (nSPS) is 30.3. The topological polar surface area (TPSA) is 77.5 Å². The Kier molecular flexibility index (Phi) is 5.75. The first kappa shape index (κ1) is 22.4. The summed E-state index contributed by atoms with van der Waals surface area (Å²) in [5.41, 5.74) is 5.17. The van der Waals surface area contributed by atoms with Crippen LogP contribution in [-0.2, 0) is 6.18 Å². The fourth-order valence-corrected chi connectivity index (χ4v) is 6.21. The number of aromatic nitrogens is 2. The summed E-state index contributed by atoms with van der Waals surface area (Å²) in [6.07, 6.45) is 3.75. The van der Waals surface area contributed by atoms with Crippen LogP contribution in [0.25, 0.3) is 5.52 Å². The van der Waals surface area contributed by atoms with Crippen LogP contribution in [0.15, 0.2) is 29.3 Å². The Bertz CT molecular complexity index is 1110. The van der Waals surface area contributed by atoms with Crippen molar-refractivity contribution in [2.75, 3.05) is 13.7 Å². The maximum Gasteiger partial charge on any atom is 0.418 e. The summed E-state index contributed by atoms with van der Waals surface area (Å²) < 4.78 is 43.2. The third-order valence-corrected chi connectivity index (χ3v) is 7.98. The molecule has 3 aliphatic rings. The number of rotatable bonds is 4. The maximum atomic E-state index is 13.5. The van der Waals surface area contributed by atoms with Gasteiger partial charge < -0.3 is 0 Å². The van der Waals surface area contributed by atoms with Crippen molar-refractivity contribution in [1.29, 1.82) is 5.26 Å². The maximum absolute atomic E-state index is 13.5. The molecule has 0 bridgehead atoms. The van der Waals surface area contributed by atoms with Crippen LogP contribution in [0.3, 0.4) is 0 Å². The van der Waals surface area contributed by atoms with Gasteiger partial charge >= 0.3 is 11.9 Å². The van der Waals surface area contributed by atoms with Crippen LogP contribution in [0, 0.1) is 35.0 Å². The van der Waals surface area contributed by atoms with Gasteiger partial charge in [0.05, 0.1) is 30.0 Å². The smallest absolute Gasteiger partial charge is 0.295 e. The second-order valence-corrected chi connectivity index (χ2v) is 9.89. The van der Waals surface area contributed by atoms with Crippen LogP contribution < -0.4 is 16.5 Å². The van der Waals surface area contributed by atoms with E-state index in [-0.39, 0.29) is 29.6 Å². The fourth-order valence-electron chi connectivity index (χ4n) is 6.21. The van der Waals surface area contributed by atoms with Gasteiger partial charge in [-0.2, -0.15) is 18.4 Å². The Hall–Kier alpha value is -2.35. The molecule has 2 aromatic rings. The number of hydrogen-bond donors (Lipinski definition) is 2. The van der Waals surface area contributed by atoms with Crippen molar-refractivity contribution in [3.05, 3.63) is 40.6 Å². The minimum atomic E-state index is -4.55. The Morgan fingerprint density at radius 2 is 2.00 bits per heavy atom. The van der Waals surface area contributed by atoms with Crippen molar-refractivity contribution in [2.24, 2.45) is 23.7 Å². The van der Waals surface area contributed by atoms with E-state index in [4.69, 9.17) is 0 Å². The Morgan fingerprint density at radius 3 is 2.61 bits per heavy atom. The molecule has 4 unspecified atom stereocenters. The molecule has 0 amide bonds. The minimum absolute atomic E-state index is 0.137. The standard InChI is InChI=1S/C23H29F3N6O/c1-30-13-28-29-21(30)20(15-4-2-5-15)16-8-14(11-27)9-17(10-16)32-12-19-18(23(24,25)26)6-3-7-31(19)22(32)33/h3,6-7,12,14-17,20-21,28-29H,2,4-5,8-10,13H2,1H3/t14?,16?,17?,20-,21?/m0/s1. The molecule has 33 heavy (non-hydrogen) atoms. The van der Waals surface area contributed by atoms with Gasteiger partial charge in [-0.15, -0.1) is 0 Å². The lowest BCUT2D eigenvalue weighted by atomic mass is 9.63. The van der Waals surface area contributed by atoms with Gasteiger partial charge in [0.25, 0.3) is 0 Å². The molecule has 178 valence electrons. The van der Waals surface area contributed by atoms with Gasteiger partial charge in [-0.05, 0) is 56.2 Å². The number of hydrogen-bond acceptors (Lipinski definition) is 5. The number of pyridine rings is 1. The third-order valence-electron chi connectivity index (χ3n) is 7.98. The summed E-state index contributed by atoms with van der Waals surface area (Å²) in [6.45, 7) is 0.732. The van der Waals surface area contributed by atoms with Gasteiger partial charge in [0.1, 0.15) is 0 Å². The highest BCUT2D eigenvalue weighted by Crippen LogP contribution is 2.48. The Morgan fingerprint density at radius 1 is 1.21 bits per heavy atom. The lowest BCUT2D eigenvalue weighted by Gasteiger charge is -2.46. The van der Waals surface area contributed by atoms with Crippen LogP contribution in [0.2, 0.25) is 0 Å². The molecule has 1 saturated heterocycles. The number of halogens is 3. The van der Waals surface area contributed by atoms with E-state index in [9.17, 15) is 23.2 Å². The van der Waals surface area contributed by atoms with Gasteiger partial charge in [0.15, 0.2) is 0 Å². The molecule has 0 spiro atoms. The van der Waals surface area contributed by atoms with E-state index < -0.39 is 17.4 Å². The third kappa shape index (κ3) is 3.96. The highest BCUT2D eigenvalue weighted by atomic mass is 19.4. The number of alkyl halides is 3. The summed E-state index contributed by atoms with van der Waals surface area (Å²) in [4.78, 5) is 15.4. The van der Waals surface area contributed by atoms with E-state index in [2.05, 4.69) is 28.9 Å². The zero-order chi connectivity index (χ0) is 23.3. The molecule has 2 N–H and O–H groups in total. The Labute approximate surface area is 190 Å². The molecule has 1 aliphatic heterocycles. The van der Waals surface area contributed by atoms with E-state index in [1.807, 2.05) is 0 Å². The number of nitrogens with zero attached hydrogens (tertiary/aromatic N) is 4. The zero-order valence-corrected chi connectivity index (χ0v) is 18.6. The molecule has 0 radical (unpaired) electrons. The van der Waals surface area contributed by atoms with Crippen LogP contribution in [0.4, 0.5) is 13.2 Å². The summed E-state index contributed by atoms with van der Waals surface area (Å²) in [6, 6.07) is 4.36. The van der Waals surface area contributed by atoms with E-state index >= 15 is 0 Å². The van der Waals surface area contributed by atoms with E-state index in [0.29, 0.717) is 24.7 Å². The van der Waals surface area contributed by atoms with Gasteiger partial charge in [-0.25, -0.2) is 15.6 Å². The molecule has 5 atom stereocenters. The minimum Gasteiger partial charge on any atom is -0.295 e. The van der Waals surface area contributed by atoms with Gasteiger partial charge in [-0.1, -0.05) is 19.3 Å². The predicted octanol–water partition coefficient (Wildman–Crippen LogP) is 3.34. The van der Waals surface area contributed by atoms with Crippen LogP contribution >= 0.6 is 0 Å². The number of fused-ring (bicyclic) bond motifs is 1. The monoisotopic (exact) mass is 462 g/mol. The first-order chi connectivity index (χ1) is 15.8. The zero-order valence-electron chi connectivity index (χ0n) is 18.6. The number of nitriles is 1.